The molecule has 4 atom stereocenters. The van der Waals surface area contributed by atoms with Crippen LogP contribution in [0.4, 0.5) is 0 Å². The number of aliphatic hydroxyl groups excluding tert-OH is 1. The molecule has 1 heterocycles. The maximum absolute atomic E-state index is 12.0. The summed E-state index contributed by atoms with van der Waals surface area (Å²) in [5.41, 5.74) is 0.958. The highest BCUT2D eigenvalue weighted by molar-refractivity contribution is 6.32. The van der Waals surface area contributed by atoms with Gasteiger partial charge >= 0.3 is 11.9 Å². The summed E-state index contributed by atoms with van der Waals surface area (Å²) in [4.78, 5) is 23.2. The lowest BCUT2D eigenvalue weighted by Gasteiger charge is -2.34. The second-order valence-corrected chi connectivity index (χ2v) is 7.80. The Morgan fingerprint density at radius 1 is 1.32 bits per heavy atom. The van der Waals surface area contributed by atoms with Crippen molar-refractivity contribution in [3.63, 3.8) is 0 Å². The molecule has 1 aliphatic rings. The molecule has 1 N–H and O–H groups in total. The topological polar surface area (TPSA) is 101 Å². The molecule has 0 aliphatic carbocycles. The molecular weight excluding hydrogens is 428 g/mol. The maximum atomic E-state index is 12.0. The lowest BCUT2D eigenvalue weighted by atomic mass is 10.1. The van der Waals surface area contributed by atoms with Crippen LogP contribution in [0.25, 0.3) is 0 Å². The minimum atomic E-state index is -1.08. The number of rotatable bonds is 10. The zero-order valence-electron chi connectivity index (χ0n) is 18.0. The summed E-state index contributed by atoms with van der Waals surface area (Å²) in [6.07, 6.45) is 0.294. The molecule has 1 fully saturated rings. The molecule has 0 bridgehead atoms. The summed E-state index contributed by atoms with van der Waals surface area (Å²) in [6, 6.07) is 4.93. The number of aliphatic hydroxyl groups is 1. The van der Waals surface area contributed by atoms with E-state index in [-0.39, 0.29) is 41.8 Å². The van der Waals surface area contributed by atoms with E-state index in [2.05, 4.69) is 13.5 Å². The Balaban J connectivity index is 1.80. The van der Waals surface area contributed by atoms with Crippen LogP contribution in [0.2, 0.25) is 5.02 Å². The van der Waals surface area contributed by atoms with Gasteiger partial charge in [0.05, 0.1) is 23.8 Å². The largest absolute Gasteiger partial charge is 0.460 e. The van der Waals surface area contributed by atoms with E-state index in [1.165, 1.54) is 6.92 Å². The highest BCUT2D eigenvalue weighted by Crippen LogP contribution is 2.34. The van der Waals surface area contributed by atoms with Crippen LogP contribution >= 0.6 is 11.6 Å². The van der Waals surface area contributed by atoms with Crippen molar-refractivity contribution in [3.05, 3.63) is 40.9 Å². The zero-order valence-corrected chi connectivity index (χ0v) is 18.7. The SMILES string of the molecule is C=C(C)C(=O)OCC(O)COCC(=O)Oc1ccc(C2OC(C)CC(CC)O2)cc1Cl. The molecule has 1 aromatic rings. The Morgan fingerprint density at radius 3 is 2.71 bits per heavy atom. The van der Waals surface area contributed by atoms with Crippen LogP contribution in [0.3, 0.4) is 0 Å². The highest BCUT2D eigenvalue weighted by Gasteiger charge is 2.28. The number of halogens is 1. The smallest absolute Gasteiger partial charge is 0.337 e. The molecule has 172 valence electrons. The Bertz CT molecular complexity index is 781. The van der Waals surface area contributed by atoms with Crippen molar-refractivity contribution >= 4 is 23.5 Å². The average molecular weight is 457 g/mol. The first-order valence-electron chi connectivity index (χ1n) is 10.1. The standard InChI is InChI=1S/C22H29ClO8/c1-5-17-8-14(4)29-22(30-17)15-6-7-19(18(23)9-15)31-20(25)12-27-10-16(24)11-28-21(26)13(2)3/h6-7,9,14,16-17,22,24H,2,5,8,10-12H2,1,3-4H3. The fraction of sp³-hybridized carbons (Fsp3) is 0.545. The van der Waals surface area contributed by atoms with Crippen LogP contribution in [-0.2, 0) is 28.5 Å². The number of ether oxygens (including phenoxy) is 5. The lowest BCUT2D eigenvalue weighted by molar-refractivity contribution is -0.243. The molecule has 31 heavy (non-hydrogen) atoms. The average Bonchev–Trinajstić information content (AvgIpc) is 2.72. The van der Waals surface area contributed by atoms with Crippen LogP contribution in [0.1, 0.15) is 45.5 Å². The second-order valence-electron chi connectivity index (χ2n) is 7.39. The van der Waals surface area contributed by atoms with Gasteiger partial charge in [0, 0.05) is 11.1 Å². The predicted molar refractivity (Wildman–Crippen MR) is 113 cm³/mol. The van der Waals surface area contributed by atoms with Crippen molar-refractivity contribution in [1.82, 2.24) is 0 Å². The summed E-state index contributed by atoms with van der Waals surface area (Å²) >= 11 is 6.26. The van der Waals surface area contributed by atoms with Crippen molar-refractivity contribution in [2.24, 2.45) is 0 Å². The van der Waals surface area contributed by atoms with Gasteiger partial charge in [-0.1, -0.05) is 31.2 Å². The minimum absolute atomic E-state index is 0.0665. The van der Waals surface area contributed by atoms with E-state index < -0.39 is 30.9 Å². The Kier molecular flexibility index (Phi) is 9.93. The van der Waals surface area contributed by atoms with Crippen LogP contribution in [0.15, 0.2) is 30.4 Å². The van der Waals surface area contributed by atoms with E-state index in [0.29, 0.717) is 0 Å². The minimum Gasteiger partial charge on any atom is -0.460 e. The van der Waals surface area contributed by atoms with Gasteiger partial charge in [0.25, 0.3) is 0 Å². The third kappa shape index (κ3) is 8.23. The van der Waals surface area contributed by atoms with Gasteiger partial charge in [0.1, 0.15) is 25.1 Å². The van der Waals surface area contributed by atoms with Crippen LogP contribution in [-0.4, -0.2) is 55.2 Å². The van der Waals surface area contributed by atoms with E-state index in [4.69, 9.17) is 35.3 Å². The van der Waals surface area contributed by atoms with Crippen molar-refractivity contribution in [2.75, 3.05) is 19.8 Å². The first-order valence-corrected chi connectivity index (χ1v) is 10.5. The van der Waals surface area contributed by atoms with E-state index in [9.17, 15) is 14.7 Å². The van der Waals surface area contributed by atoms with E-state index in [1.807, 2.05) is 6.92 Å². The third-order valence-corrected chi connectivity index (χ3v) is 4.75. The summed E-state index contributed by atoms with van der Waals surface area (Å²) in [6.45, 7) is 8.10. The number of benzene rings is 1. The monoisotopic (exact) mass is 456 g/mol. The van der Waals surface area contributed by atoms with Crippen molar-refractivity contribution in [2.45, 2.75) is 58.2 Å². The lowest BCUT2D eigenvalue weighted by Crippen LogP contribution is -2.31. The summed E-state index contributed by atoms with van der Waals surface area (Å²) < 4.78 is 26.9. The van der Waals surface area contributed by atoms with Crippen LogP contribution in [0.5, 0.6) is 5.75 Å². The van der Waals surface area contributed by atoms with Gasteiger partial charge in [0.2, 0.25) is 0 Å². The zero-order chi connectivity index (χ0) is 23.0. The molecule has 0 spiro atoms. The summed E-state index contributed by atoms with van der Waals surface area (Å²) in [5.74, 6) is -1.13. The molecule has 1 saturated heterocycles. The first-order chi connectivity index (χ1) is 14.7. The molecule has 1 aromatic carbocycles. The van der Waals surface area contributed by atoms with Crippen molar-refractivity contribution in [1.29, 1.82) is 0 Å². The van der Waals surface area contributed by atoms with E-state index in [0.717, 1.165) is 18.4 Å². The molecule has 4 unspecified atom stereocenters. The molecule has 0 amide bonds. The summed E-state index contributed by atoms with van der Waals surface area (Å²) in [5, 5.41) is 9.94. The Hall–Kier alpha value is -1.97. The number of carbonyl (C=O) groups is 2. The quantitative estimate of drug-likeness (QED) is 0.325. The van der Waals surface area contributed by atoms with Crippen molar-refractivity contribution in [3.8, 4) is 5.75 Å². The van der Waals surface area contributed by atoms with Gasteiger partial charge in [-0.2, -0.15) is 0 Å². The normalized spacial score (nSPS) is 21.9. The molecule has 1 aliphatic heterocycles. The van der Waals surface area contributed by atoms with Gasteiger partial charge in [-0.25, -0.2) is 9.59 Å². The number of hydrogen-bond donors (Lipinski definition) is 1. The van der Waals surface area contributed by atoms with Crippen LogP contribution < -0.4 is 4.74 Å². The Morgan fingerprint density at radius 2 is 2.06 bits per heavy atom. The second kappa shape index (κ2) is 12.2. The molecule has 0 radical (unpaired) electrons. The van der Waals surface area contributed by atoms with Gasteiger partial charge in [0.15, 0.2) is 6.29 Å². The molecule has 2 rings (SSSR count). The van der Waals surface area contributed by atoms with Gasteiger partial charge in [-0.3, -0.25) is 0 Å². The highest BCUT2D eigenvalue weighted by atomic mass is 35.5. The van der Waals surface area contributed by atoms with E-state index >= 15 is 0 Å². The van der Waals surface area contributed by atoms with E-state index in [1.54, 1.807) is 18.2 Å². The van der Waals surface area contributed by atoms with Crippen LogP contribution in [0, 0.1) is 0 Å². The van der Waals surface area contributed by atoms with Gasteiger partial charge in [-0.05, 0) is 38.8 Å². The number of hydrogen-bond acceptors (Lipinski definition) is 8. The Labute approximate surface area is 187 Å². The molecule has 8 nitrogen and oxygen atoms in total. The van der Waals surface area contributed by atoms with Gasteiger partial charge < -0.3 is 28.8 Å². The predicted octanol–water partition coefficient (Wildman–Crippen LogP) is 3.34. The third-order valence-electron chi connectivity index (χ3n) is 4.46. The van der Waals surface area contributed by atoms with Gasteiger partial charge in [-0.15, -0.1) is 0 Å². The maximum Gasteiger partial charge on any atom is 0.337 e. The molecular formula is C22H29ClO8. The first kappa shape index (κ1) is 25.3. The molecule has 0 aromatic heterocycles. The fourth-order valence-corrected chi connectivity index (χ4v) is 3.07. The fourth-order valence-electron chi connectivity index (χ4n) is 2.84. The molecule has 9 heteroatoms. The summed E-state index contributed by atoms with van der Waals surface area (Å²) in [7, 11) is 0. The number of esters is 2. The molecule has 0 saturated carbocycles. The number of carbonyl (C=O) groups excluding carboxylic acids is 2. The van der Waals surface area contributed by atoms with Crippen molar-refractivity contribution < 1.29 is 38.4 Å².